The third-order valence-electron chi connectivity index (χ3n) is 4.94. The van der Waals surface area contributed by atoms with Crippen LogP contribution in [0, 0.1) is 5.92 Å². The molecule has 0 bridgehead atoms. The molecule has 0 N–H and O–H groups in total. The lowest BCUT2D eigenvalue weighted by molar-refractivity contribution is -0.149. The van der Waals surface area contributed by atoms with Crippen molar-refractivity contribution in [3.05, 3.63) is 60.2 Å². The fourth-order valence-corrected chi connectivity index (χ4v) is 3.26. The number of nitrogens with zero attached hydrogens (tertiary/aromatic N) is 1. The number of hydrogen-bond donors (Lipinski definition) is 0. The van der Waals surface area contributed by atoms with Crippen molar-refractivity contribution in [2.75, 3.05) is 26.8 Å². The Morgan fingerprint density at radius 3 is 2.14 bits per heavy atom. The SMILES string of the molecule is COC(=O)C1CCN(C(=O)COC(=O)c2ccc(-c3ccccc3)cc2)CC1. The second-order valence-electron chi connectivity index (χ2n) is 6.70. The van der Waals surface area contributed by atoms with E-state index >= 15 is 0 Å². The van der Waals surface area contributed by atoms with Gasteiger partial charge in [0.05, 0.1) is 18.6 Å². The van der Waals surface area contributed by atoms with Gasteiger partial charge in [-0.05, 0) is 36.1 Å². The van der Waals surface area contributed by atoms with Crippen LogP contribution in [0.15, 0.2) is 54.6 Å². The molecule has 0 spiro atoms. The fourth-order valence-electron chi connectivity index (χ4n) is 3.26. The van der Waals surface area contributed by atoms with E-state index in [2.05, 4.69) is 0 Å². The molecule has 0 unspecified atom stereocenters. The van der Waals surface area contributed by atoms with Crippen LogP contribution < -0.4 is 0 Å². The molecule has 3 rings (SSSR count). The van der Waals surface area contributed by atoms with E-state index in [1.165, 1.54) is 7.11 Å². The summed E-state index contributed by atoms with van der Waals surface area (Å²) in [4.78, 5) is 37.6. The van der Waals surface area contributed by atoms with Gasteiger partial charge in [0.1, 0.15) is 0 Å². The molecule has 2 aromatic rings. The minimum Gasteiger partial charge on any atom is -0.469 e. The molecule has 0 aliphatic carbocycles. The Hall–Kier alpha value is -3.15. The van der Waals surface area contributed by atoms with Gasteiger partial charge in [-0.2, -0.15) is 0 Å². The number of likely N-dealkylation sites (tertiary alicyclic amines) is 1. The highest BCUT2D eigenvalue weighted by Gasteiger charge is 2.28. The Morgan fingerprint density at radius 1 is 0.929 bits per heavy atom. The summed E-state index contributed by atoms with van der Waals surface area (Å²) < 4.78 is 9.90. The predicted octanol–water partition coefficient (Wildman–Crippen LogP) is 2.92. The molecule has 2 aromatic carbocycles. The third-order valence-corrected chi connectivity index (χ3v) is 4.94. The zero-order chi connectivity index (χ0) is 19.9. The van der Waals surface area contributed by atoms with Gasteiger partial charge in [0, 0.05) is 13.1 Å². The molecule has 1 amide bonds. The quantitative estimate of drug-likeness (QED) is 0.745. The third kappa shape index (κ3) is 4.76. The summed E-state index contributed by atoms with van der Waals surface area (Å²) in [6.45, 7) is 0.617. The van der Waals surface area contributed by atoms with Crippen LogP contribution in [0.25, 0.3) is 11.1 Å². The Labute approximate surface area is 164 Å². The lowest BCUT2D eigenvalue weighted by Gasteiger charge is -2.30. The van der Waals surface area contributed by atoms with Gasteiger partial charge < -0.3 is 14.4 Å². The number of carbonyl (C=O) groups is 3. The Bertz CT molecular complexity index is 824. The number of methoxy groups -OCH3 is 1. The summed E-state index contributed by atoms with van der Waals surface area (Å²) in [5.74, 6) is -1.19. The monoisotopic (exact) mass is 381 g/mol. The molecule has 0 radical (unpaired) electrons. The summed E-state index contributed by atoms with van der Waals surface area (Å²) in [5, 5.41) is 0. The van der Waals surface area contributed by atoms with Gasteiger partial charge >= 0.3 is 11.9 Å². The molecule has 1 aliphatic rings. The smallest absolute Gasteiger partial charge is 0.338 e. The number of amides is 1. The van der Waals surface area contributed by atoms with Crippen LogP contribution in [0.2, 0.25) is 0 Å². The average molecular weight is 381 g/mol. The number of carbonyl (C=O) groups excluding carboxylic acids is 3. The molecular formula is C22H23NO5. The summed E-state index contributed by atoms with van der Waals surface area (Å²) >= 11 is 0. The van der Waals surface area contributed by atoms with Crippen molar-refractivity contribution in [2.24, 2.45) is 5.92 Å². The first kappa shape index (κ1) is 19.6. The maximum atomic E-state index is 12.3. The molecule has 6 nitrogen and oxygen atoms in total. The Kier molecular flexibility index (Phi) is 6.42. The van der Waals surface area contributed by atoms with E-state index in [0.29, 0.717) is 31.5 Å². The predicted molar refractivity (Wildman–Crippen MR) is 103 cm³/mol. The Balaban J connectivity index is 1.49. The summed E-state index contributed by atoms with van der Waals surface area (Å²) in [7, 11) is 1.37. The minimum atomic E-state index is -0.530. The van der Waals surface area contributed by atoms with Crippen LogP contribution in [0.1, 0.15) is 23.2 Å². The number of esters is 2. The van der Waals surface area contributed by atoms with Crippen LogP contribution in [-0.4, -0.2) is 49.6 Å². The number of ether oxygens (including phenoxy) is 2. The lowest BCUT2D eigenvalue weighted by Crippen LogP contribution is -2.42. The maximum Gasteiger partial charge on any atom is 0.338 e. The number of benzene rings is 2. The van der Waals surface area contributed by atoms with E-state index < -0.39 is 5.97 Å². The molecule has 28 heavy (non-hydrogen) atoms. The van der Waals surface area contributed by atoms with Crippen LogP contribution >= 0.6 is 0 Å². The molecule has 1 aliphatic heterocycles. The van der Waals surface area contributed by atoms with Crippen molar-refractivity contribution in [2.45, 2.75) is 12.8 Å². The normalized spacial score (nSPS) is 14.4. The first-order valence-electron chi connectivity index (χ1n) is 9.26. The topological polar surface area (TPSA) is 72.9 Å². The first-order valence-corrected chi connectivity index (χ1v) is 9.26. The van der Waals surface area contributed by atoms with Crippen molar-refractivity contribution in [3.63, 3.8) is 0 Å². The van der Waals surface area contributed by atoms with E-state index in [1.807, 2.05) is 42.5 Å². The first-order chi connectivity index (χ1) is 13.6. The molecule has 0 aromatic heterocycles. The minimum absolute atomic E-state index is 0.167. The van der Waals surface area contributed by atoms with Crippen LogP contribution in [0.5, 0.6) is 0 Å². The number of hydrogen-bond acceptors (Lipinski definition) is 5. The second-order valence-corrected chi connectivity index (χ2v) is 6.70. The zero-order valence-electron chi connectivity index (χ0n) is 15.8. The molecule has 146 valence electrons. The summed E-state index contributed by atoms with van der Waals surface area (Å²) in [6, 6.07) is 16.9. The van der Waals surface area contributed by atoms with Crippen molar-refractivity contribution >= 4 is 17.8 Å². The molecule has 1 heterocycles. The van der Waals surface area contributed by atoms with Gasteiger partial charge in [-0.25, -0.2) is 4.79 Å². The summed E-state index contributed by atoms with van der Waals surface area (Å²) in [5.41, 5.74) is 2.46. The van der Waals surface area contributed by atoms with Crippen molar-refractivity contribution in [3.8, 4) is 11.1 Å². The molecule has 0 saturated carbocycles. The highest BCUT2D eigenvalue weighted by Crippen LogP contribution is 2.20. The van der Waals surface area contributed by atoms with E-state index in [0.717, 1.165) is 11.1 Å². The zero-order valence-corrected chi connectivity index (χ0v) is 15.8. The summed E-state index contributed by atoms with van der Waals surface area (Å²) in [6.07, 6.45) is 1.13. The highest BCUT2D eigenvalue weighted by atomic mass is 16.5. The van der Waals surface area contributed by atoms with Crippen LogP contribution in [0.4, 0.5) is 0 Å². The van der Waals surface area contributed by atoms with Gasteiger partial charge in [-0.15, -0.1) is 0 Å². The van der Waals surface area contributed by atoms with Crippen molar-refractivity contribution in [1.29, 1.82) is 0 Å². The fraction of sp³-hybridized carbons (Fsp3) is 0.318. The molecule has 0 atom stereocenters. The van der Waals surface area contributed by atoms with Gasteiger partial charge in [0.15, 0.2) is 6.61 Å². The van der Waals surface area contributed by atoms with E-state index in [9.17, 15) is 14.4 Å². The van der Waals surface area contributed by atoms with Crippen LogP contribution in [0.3, 0.4) is 0 Å². The maximum absolute atomic E-state index is 12.3. The molecular weight excluding hydrogens is 358 g/mol. The van der Waals surface area contributed by atoms with E-state index in [-0.39, 0.29) is 24.4 Å². The van der Waals surface area contributed by atoms with Gasteiger partial charge in [0.2, 0.25) is 0 Å². The van der Waals surface area contributed by atoms with E-state index in [4.69, 9.17) is 9.47 Å². The molecule has 1 saturated heterocycles. The van der Waals surface area contributed by atoms with Gasteiger partial charge in [-0.3, -0.25) is 9.59 Å². The Morgan fingerprint density at radius 2 is 1.54 bits per heavy atom. The molecule has 6 heteroatoms. The van der Waals surface area contributed by atoms with Crippen molar-refractivity contribution < 1.29 is 23.9 Å². The van der Waals surface area contributed by atoms with E-state index in [1.54, 1.807) is 17.0 Å². The van der Waals surface area contributed by atoms with Crippen molar-refractivity contribution in [1.82, 2.24) is 4.90 Å². The number of rotatable bonds is 5. The highest BCUT2D eigenvalue weighted by molar-refractivity contribution is 5.92. The van der Waals surface area contributed by atoms with Crippen LogP contribution in [-0.2, 0) is 19.1 Å². The average Bonchev–Trinajstić information content (AvgIpc) is 2.77. The van der Waals surface area contributed by atoms with Gasteiger partial charge in [0.25, 0.3) is 5.91 Å². The lowest BCUT2D eigenvalue weighted by atomic mass is 9.97. The standard InChI is InChI=1S/C22H23NO5/c1-27-21(25)19-11-13-23(14-12-19)20(24)15-28-22(26)18-9-7-17(8-10-18)16-5-3-2-4-6-16/h2-10,19H,11-15H2,1H3. The van der Waals surface area contributed by atoms with Gasteiger partial charge in [-0.1, -0.05) is 42.5 Å². The molecule has 1 fully saturated rings. The number of piperidine rings is 1. The largest absolute Gasteiger partial charge is 0.469 e. The second kappa shape index (κ2) is 9.17.